The van der Waals surface area contributed by atoms with Crippen molar-refractivity contribution in [2.24, 2.45) is 0 Å². The summed E-state index contributed by atoms with van der Waals surface area (Å²) >= 11 is 2.25. The second kappa shape index (κ2) is 6.49. The first-order valence-electron chi connectivity index (χ1n) is 7.09. The third-order valence-electron chi connectivity index (χ3n) is 3.65. The van der Waals surface area contributed by atoms with Crippen LogP contribution in [0, 0.1) is 3.57 Å². The summed E-state index contributed by atoms with van der Waals surface area (Å²) in [6.07, 6.45) is 1.07. The topological polar surface area (TPSA) is 69.4 Å². The fourth-order valence-electron chi connectivity index (χ4n) is 2.48. The predicted molar refractivity (Wildman–Crippen MR) is 94.0 cm³/mol. The SMILES string of the molecule is O=C1CCC(c2ccc(I)cc2)=[N+](c2ccc(C(=O)O)cc2)N1. The summed E-state index contributed by atoms with van der Waals surface area (Å²) in [5, 5.41) is 8.99. The first kappa shape index (κ1) is 15.7. The Hall–Kier alpha value is -2.22. The van der Waals surface area contributed by atoms with Gasteiger partial charge in [-0.25, -0.2) is 4.79 Å². The molecule has 1 aliphatic rings. The average Bonchev–Trinajstić information content (AvgIpc) is 2.56. The Bertz CT molecular complexity index is 796. The van der Waals surface area contributed by atoms with Crippen LogP contribution in [0.1, 0.15) is 28.8 Å². The number of carbonyl (C=O) groups is 2. The molecule has 6 heteroatoms. The number of halogens is 1. The fourth-order valence-corrected chi connectivity index (χ4v) is 2.84. The van der Waals surface area contributed by atoms with Crippen molar-refractivity contribution >= 4 is 45.9 Å². The van der Waals surface area contributed by atoms with E-state index in [1.165, 1.54) is 12.1 Å². The van der Waals surface area contributed by atoms with E-state index in [0.29, 0.717) is 12.8 Å². The molecule has 0 aliphatic carbocycles. The zero-order valence-electron chi connectivity index (χ0n) is 12.1. The molecular weight excluding hydrogens is 407 g/mol. The number of benzene rings is 2. The number of hydrazine groups is 1. The number of nitrogens with zero attached hydrogens (tertiary/aromatic N) is 1. The highest BCUT2D eigenvalue weighted by Crippen LogP contribution is 2.19. The predicted octanol–water partition coefficient (Wildman–Crippen LogP) is 2.95. The van der Waals surface area contributed by atoms with Crippen LogP contribution < -0.4 is 5.43 Å². The Morgan fingerprint density at radius 1 is 1.04 bits per heavy atom. The van der Waals surface area contributed by atoms with E-state index >= 15 is 0 Å². The van der Waals surface area contributed by atoms with Crippen LogP contribution in [0.15, 0.2) is 48.5 Å². The maximum absolute atomic E-state index is 11.8. The Balaban J connectivity index is 2.07. The van der Waals surface area contributed by atoms with Gasteiger partial charge in [0, 0.05) is 34.1 Å². The minimum Gasteiger partial charge on any atom is -0.478 e. The maximum Gasteiger partial charge on any atom is 0.335 e. The zero-order valence-corrected chi connectivity index (χ0v) is 14.3. The van der Waals surface area contributed by atoms with Crippen LogP contribution >= 0.6 is 22.6 Å². The van der Waals surface area contributed by atoms with E-state index in [1.54, 1.807) is 16.8 Å². The number of carboxylic acids is 1. The highest BCUT2D eigenvalue weighted by Gasteiger charge is 2.28. The molecule has 0 bridgehead atoms. The molecule has 0 radical (unpaired) electrons. The van der Waals surface area contributed by atoms with Crippen molar-refractivity contribution in [2.75, 3.05) is 0 Å². The van der Waals surface area contributed by atoms with Gasteiger partial charge in [-0.15, -0.1) is 5.43 Å². The molecule has 0 saturated carbocycles. The zero-order chi connectivity index (χ0) is 16.4. The van der Waals surface area contributed by atoms with Crippen LogP contribution in [-0.4, -0.2) is 27.4 Å². The molecule has 0 fully saturated rings. The van der Waals surface area contributed by atoms with Crippen LogP contribution in [0.2, 0.25) is 0 Å². The maximum atomic E-state index is 11.8. The number of hydrogen-bond donors (Lipinski definition) is 2. The molecule has 0 aromatic heterocycles. The van der Waals surface area contributed by atoms with Crippen molar-refractivity contribution in [2.45, 2.75) is 12.8 Å². The molecule has 0 spiro atoms. The van der Waals surface area contributed by atoms with Crippen molar-refractivity contribution in [3.05, 3.63) is 63.2 Å². The van der Waals surface area contributed by atoms with E-state index in [9.17, 15) is 9.59 Å². The molecule has 5 nitrogen and oxygen atoms in total. The van der Waals surface area contributed by atoms with E-state index < -0.39 is 5.97 Å². The Labute approximate surface area is 146 Å². The van der Waals surface area contributed by atoms with Gasteiger partial charge in [-0.3, -0.25) is 4.79 Å². The van der Waals surface area contributed by atoms with Gasteiger partial charge in [0.2, 0.25) is 11.4 Å². The quantitative estimate of drug-likeness (QED) is 0.592. The molecule has 3 rings (SSSR count). The molecule has 23 heavy (non-hydrogen) atoms. The van der Waals surface area contributed by atoms with E-state index in [0.717, 1.165) is 20.5 Å². The van der Waals surface area contributed by atoms with Crippen molar-refractivity contribution in [3.8, 4) is 0 Å². The summed E-state index contributed by atoms with van der Waals surface area (Å²) < 4.78 is 2.88. The number of aromatic carboxylic acids is 1. The third-order valence-corrected chi connectivity index (χ3v) is 4.36. The van der Waals surface area contributed by atoms with Gasteiger partial charge in [0.05, 0.1) is 5.56 Å². The van der Waals surface area contributed by atoms with Crippen LogP contribution in [0.3, 0.4) is 0 Å². The Kier molecular flexibility index (Phi) is 4.42. The van der Waals surface area contributed by atoms with Crippen molar-refractivity contribution in [1.29, 1.82) is 0 Å². The number of rotatable bonds is 3. The number of hydrazone groups is 1. The summed E-state index contributed by atoms with van der Waals surface area (Å²) in [7, 11) is 0. The minimum absolute atomic E-state index is 0.0541. The molecule has 116 valence electrons. The van der Waals surface area contributed by atoms with Crippen molar-refractivity contribution in [3.63, 3.8) is 0 Å². The first-order chi connectivity index (χ1) is 11.0. The highest BCUT2D eigenvalue weighted by molar-refractivity contribution is 14.1. The Morgan fingerprint density at radius 2 is 1.70 bits per heavy atom. The fraction of sp³-hybridized carbons (Fsp3) is 0.118. The summed E-state index contributed by atoms with van der Waals surface area (Å²) in [6.45, 7) is 0. The first-order valence-corrected chi connectivity index (χ1v) is 8.17. The number of amides is 1. The molecular formula is C17H14IN2O3+. The van der Waals surface area contributed by atoms with Crippen LogP contribution in [0.25, 0.3) is 0 Å². The van der Waals surface area contributed by atoms with E-state index in [4.69, 9.17) is 5.11 Å². The lowest BCUT2D eigenvalue weighted by Crippen LogP contribution is -2.40. The van der Waals surface area contributed by atoms with Crippen LogP contribution in [0.5, 0.6) is 0 Å². The summed E-state index contributed by atoms with van der Waals surface area (Å²) in [6, 6.07) is 14.5. The van der Waals surface area contributed by atoms with Gasteiger partial charge >= 0.3 is 5.97 Å². The van der Waals surface area contributed by atoms with Gasteiger partial charge in [-0.2, -0.15) is 0 Å². The van der Waals surface area contributed by atoms with Crippen molar-refractivity contribution < 1.29 is 19.4 Å². The van der Waals surface area contributed by atoms with Gasteiger partial charge in [-0.05, 0) is 59.0 Å². The highest BCUT2D eigenvalue weighted by atomic mass is 127. The summed E-state index contributed by atoms with van der Waals surface area (Å²) in [5.74, 6) is -1.03. The lowest BCUT2D eigenvalue weighted by molar-refractivity contribution is -0.496. The molecule has 2 N–H and O–H groups in total. The molecule has 2 aromatic carbocycles. The third kappa shape index (κ3) is 3.42. The van der Waals surface area contributed by atoms with Crippen LogP contribution in [0.4, 0.5) is 5.69 Å². The summed E-state index contributed by atoms with van der Waals surface area (Å²) in [5.41, 5.74) is 5.83. The number of nitrogens with one attached hydrogen (secondary N) is 1. The lowest BCUT2D eigenvalue weighted by atomic mass is 10.0. The lowest BCUT2D eigenvalue weighted by Gasteiger charge is -2.14. The van der Waals surface area contributed by atoms with Crippen LogP contribution in [-0.2, 0) is 4.79 Å². The number of carbonyl (C=O) groups excluding carboxylic acids is 1. The minimum atomic E-state index is -0.971. The van der Waals surface area contributed by atoms with Gasteiger partial charge in [0.25, 0.3) is 5.91 Å². The normalized spacial score (nSPS) is 14.6. The molecule has 1 heterocycles. The second-order valence-corrected chi connectivity index (χ2v) is 6.42. The monoisotopic (exact) mass is 421 g/mol. The molecule has 0 unspecified atom stereocenters. The molecule has 0 saturated heterocycles. The molecule has 2 aromatic rings. The van der Waals surface area contributed by atoms with Gasteiger partial charge in [0.1, 0.15) is 0 Å². The van der Waals surface area contributed by atoms with Gasteiger partial charge in [-0.1, -0.05) is 4.68 Å². The Morgan fingerprint density at radius 3 is 2.30 bits per heavy atom. The summed E-state index contributed by atoms with van der Waals surface area (Å²) in [4.78, 5) is 22.8. The average molecular weight is 421 g/mol. The van der Waals surface area contributed by atoms with Gasteiger partial charge in [0.15, 0.2) is 0 Å². The van der Waals surface area contributed by atoms with Gasteiger partial charge < -0.3 is 5.11 Å². The van der Waals surface area contributed by atoms with E-state index in [-0.39, 0.29) is 11.5 Å². The molecule has 0 atom stereocenters. The standard InChI is InChI=1S/C17H13IN2O3/c18-13-5-1-11(2-6-13)15-9-10-16(21)19-20(15)14-7-3-12(4-8-14)17(22)23/h1-8H,9-10H2,(H-,19,21,22,23)/p+1. The molecule has 1 amide bonds. The van der Waals surface area contributed by atoms with E-state index in [1.807, 2.05) is 24.3 Å². The smallest absolute Gasteiger partial charge is 0.335 e. The number of carboxylic acid groups (broad SMARTS) is 1. The number of hydrogen-bond acceptors (Lipinski definition) is 2. The van der Waals surface area contributed by atoms with E-state index in [2.05, 4.69) is 28.0 Å². The second-order valence-electron chi connectivity index (χ2n) is 5.18. The molecule has 1 aliphatic heterocycles. The van der Waals surface area contributed by atoms with Crippen molar-refractivity contribution in [1.82, 2.24) is 5.43 Å². The largest absolute Gasteiger partial charge is 0.478 e.